The van der Waals surface area contributed by atoms with E-state index in [9.17, 15) is 13.2 Å². The summed E-state index contributed by atoms with van der Waals surface area (Å²) in [7, 11) is -3.74. The molecule has 30 heavy (non-hydrogen) atoms. The minimum absolute atomic E-state index is 0.0454. The van der Waals surface area contributed by atoms with Crippen LogP contribution in [0.3, 0.4) is 0 Å². The van der Waals surface area contributed by atoms with E-state index in [-0.39, 0.29) is 10.8 Å². The third-order valence-corrected chi connectivity index (χ3v) is 7.90. The summed E-state index contributed by atoms with van der Waals surface area (Å²) >= 11 is 1.41. The van der Waals surface area contributed by atoms with E-state index in [1.165, 1.54) is 11.3 Å². The quantitative estimate of drug-likeness (QED) is 0.616. The summed E-state index contributed by atoms with van der Waals surface area (Å²) in [5.41, 5.74) is 4.98. The molecule has 1 aromatic heterocycles. The second kappa shape index (κ2) is 7.89. The molecule has 0 unspecified atom stereocenters. The number of carbonyl (C=O) groups is 1. The molecule has 0 atom stereocenters. The molecule has 0 saturated carbocycles. The molecule has 2 aromatic carbocycles. The number of amides is 1. The minimum atomic E-state index is -3.74. The molecule has 1 aliphatic rings. The third kappa shape index (κ3) is 3.87. The highest BCUT2D eigenvalue weighted by Crippen LogP contribution is 2.33. The highest BCUT2D eigenvalue weighted by molar-refractivity contribution is 7.92. The molecule has 1 N–H and O–H groups in total. The normalized spacial score (nSPS) is 13.8. The lowest BCUT2D eigenvalue weighted by Gasteiger charge is -2.29. The first-order valence-corrected chi connectivity index (χ1v) is 12.2. The van der Waals surface area contributed by atoms with Crippen LogP contribution in [0.4, 0.5) is 11.4 Å². The summed E-state index contributed by atoms with van der Waals surface area (Å²) in [5, 5.41) is 1.88. The lowest BCUT2D eigenvalue weighted by molar-refractivity contribution is 0.0989. The lowest BCUT2D eigenvalue weighted by atomic mass is 10.0. The smallest absolute Gasteiger partial charge is 0.268 e. The minimum Gasteiger partial charge on any atom is -0.307 e. The molecule has 156 valence electrons. The first-order valence-electron chi connectivity index (χ1n) is 9.85. The highest BCUT2D eigenvalue weighted by atomic mass is 32.2. The van der Waals surface area contributed by atoms with Crippen molar-refractivity contribution < 1.29 is 13.2 Å². The summed E-state index contributed by atoms with van der Waals surface area (Å²) in [6.45, 7) is 6.29. The van der Waals surface area contributed by atoms with Crippen LogP contribution < -0.4 is 9.62 Å². The van der Waals surface area contributed by atoms with Crippen LogP contribution in [0.25, 0.3) is 0 Å². The van der Waals surface area contributed by atoms with Crippen molar-refractivity contribution in [2.45, 2.75) is 38.5 Å². The fourth-order valence-corrected chi connectivity index (χ4v) is 5.85. The van der Waals surface area contributed by atoms with Crippen LogP contribution in [-0.4, -0.2) is 20.9 Å². The van der Waals surface area contributed by atoms with Crippen molar-refractivity contribution >= 4 is 38.6 Å². The first-order chi connectivity index (χ1) is 14.3. The molecule has 7 heteroatoms. The van der Waals surface area contributed by atoms with E-state index >= 15 is 0 Å². The second-order valence-electron chi connectivity index (χ2n) is 7.69. The van der Waals surface area contributed by atoms with Gasteiger partial charge in [-0.05, 0) is 85.5 Å². The average Bonchev–Trinajstić information content (AvgIpc) is 3.24. The molecule has 0 bridgehead atoms. The number of thiophene rings is 1. The number of hydrogen-bond acceptors (Lipinski definition) is 4. The molecular weight excluding hydrogens is 416 g/mol. The van der Waals surface area contributed by atoms with Crippen LogP contribution in [0.5, 0.6) is 0 Å². The van der Waals surface area contributed by atoms with Crippen LogP contribution in [-0.2, 0) is 16.4 Å². The molecule has 0 radical (unpaired) electrons. The van der Waals surface area contributed by atoms with Gasteiger partial charge < -0.3 is 4.90 Å². The van der Waals surface area contributed by atoms with Gasteiger partial charge in [-0.1, -0.05) is 18.2 Å². The molecule has 5 nitrogen and oxygen atoms in total. The summed E-state index contributed by atoms with van der Waals surface area (Å²) in [5.74, 6) is -0.0454. The molecule has 0 aliphatic carbocycles. The summed E-state index contributed by atoms with van der Waals surface area (Å²) < 4.78 is 28.8. The van der Waals surface area contributed by atoms with Crippen molar-refractivity contribution in [1.82, 2.24) is 0 Å². The zero-order valence-electron chi connectivity index (χ0n) is 17.2. The van der Waals surface area contributed by atoms with Gasteiger partial charge in [-0.25, -0.2) is 8.42 Å². The maximum Gasteiger partial charge on any atom is 0.268 e. The summed E-state index contributed by atoms with van der Waals surface area (Å²) in [6.07, 6.45) is 1.75. The van der Waals surface area contributed by atoms with E-state index in [4.69, 9.17) is 0 Å². The van der Waals surface area contributed by atoms with E-state index in [1.807, 2.05) is 43.5 Å². The van der Waals surface area contributed by atoms with Crippen LogP contribution in [0.1, 0.15) is 38.3 Å². The van der Waals surface area contributed by atoms with E-state index in [1.54, 1.807) is 30.0 Å². The Morgan fingerprint density at radius 3 is 2.53 bits per heavy atom. The van der Waals surface area contributed by atoms with Crippen molar-refractivity contribution in [3.63, 3.8) is 0 Å². The highest BCUT2D eigenvalue weighted by Gasteiger charge is 2.25. The Kier molecular flexibility index (Phi) is 5.42. The number of rotatable bonds is 4. The topological polar surface area (TPSA) is 66.5 Å². The van der Waals surface area contributed by atoms with Gasteiger partial charge in [0.2, 0.25) is 0 Å². The molecule has 0 fully saturated rings. The molecule has 1 aliphatic heterocycles. The number of sulfonamides is 1. The van der Waals surface area contributed by atoms with Crippen molar-refractivity contribution in [2.75, 3.05) is 16.2 Å². The number of nitrogens with one attached hydrogen (secondary N) is 1. The Bertz CT molecular complexity index is 1220. The van der Waals surface area contributed by atoms with Gasteiger partial charge in [0.1, 0.15) is 0 Å². The van der Waals surface area contributed by atoms with Gasteiger partial charge in [0.05, 0.1) is 15.5 Å². The Balaban J connectivity index is 1.68. The Morgan fingerprint density at radius 1 is 1.03 bits per heavy atom. The van der Waals surface area contributed by atoms with E-state index in [2.05, 4.69) is 4.72 Å². The second-order valence-corrected chi connectivity index (χ2v) is 10.3. The zero-order chi connectivity index (χ0) is 21.5. The number of hydrogen-bond donors (Lipinski definition) is 1. The SMILES string of the molecule is Cc1cc(C)c(S(=O)(=O)Nc2ccc3c(c2)N(C(=O)c2cccs2)CCC3)cc1C. The zero-order valence-corrected chi connectivity index (χ0v) is 18.9. The van der Waals surface area contributed by atoms with Crippen LogP contribution in [0.2, 0.25) is 0 Å². The Morgan fingerprint density at radius 2 is 1.80 bits per heavy atom. The predicted molar refractivity (Wildman–Crippen MR) is 122 cm³/mol. The predicted octanol–water partition coefficient (Wildman–Crippen LogP) is 5.07. The number of anilines is 2. The van der Waals surface area contributed by atoms with Crippen molar-refractivity contribution in [1.29, 1.82) is 0 Å². The van der Waals surface area contributed by atoms with Crippen LogP contribution >= 0.6 is 11.3 Å². The van der Waals surface area contributed by atoms with E-state index in [0.29, 0.717) is 22.7 Å². The maximum absolute atomic E-state index is 13.1. The fourth-order valence-electron chi connectivity index (χ4n) is 3.82. The first kappa shape index (κ1) is 20.6. The number of carbonyl (C=O) groups excluding carboxylic acids is 1. The van der Waals surface area contributed by atoms with Gasteiger partial charge in [0, 0.05) is 12.2 Å². The molecule has 1 amide bonds. The van der Waals surface area contributed by atoms with Gasteiger partial charge >= 0.3 is 0 Å². The van der Waals surface area contributed by atoms with Crippen molar-refractivity contribution in [3.05, 3.63) is 75.0 Å². The largest absolute Gasteiger partial charge is 0.307 e. The van der Waals surface area contributed by atoms with E-state index < -0.39 is 10.0 Å². The lowest BCUT2D eigenvalue weighted by Crippen LogP contribution is -2.35. The number of benzene rings is 2. The van der Waals surface area contributed by atoms with Crippen molar-refractivity contribution in [2.24, 2.45) is 0 Å². The number of nitrogens with zero attached hydrogens (tertiary/aromatic N) is 1. The number of aryl methyl sites for hydroxylation is 4. The Labute approximate surface area is 181 Å². The maximum atomic E-state index is 13.1. The summed E-state index contributed by atoms with van der Waals surface area (Å²) in [4.78, 5) is 15.7. The van der Waals surface area contributed by atoms with Gasteiger partial charge in [-0.3, -0.25) is 9.52 Å². The monoisotopic (exact) mass is 440 g/mol. The van der Waals surface area contributed by atoms with Crippen LogP contribution in [0, 0.1) is 20.8 Å². The summed E-state index contributed by atoms with van der Waals surface area (Å²) in [6, 6.07) is 12.7. The molecule has 0 spiro atoms. The number of fused-ring (bicyclic) bond motifs is 1. The van der Waals surface area contributed by atoms with Crippen LogP contribution in [0.15, 0.2) is 52.7 Å². The molecule has 3 aromatic rings. The van der Waals surface area contributed by atoms with Gasteiger partial charge in [0.25, 0.3) is 15.9 Å². The van der Waals surface area contributed by atoms with Gasteiger partial charge in [0.15, 0.2) is 0 Å². The Hall–Kier alpha value is -2.64. The average molecular weight is 441 g/mol. The molecule has 4 rings (SSSR count). The van der Waals surface area contributed by atoms with Gasteiger partial charge in [-0.2, -0.15) is 0 Å². The van der Waals surface area contributed by atoms with Crippen molar-refractivity contribution in [3.8, 4) is 0 Å². The van der Waals surface area contributed by atoms with E-state index in [0.717, 1.165) is 35.2 Å². The third-order valence-electron chi connectivity index (χ3n) is 5.51. The fraction of sp³-hybridized carbons (Fsp3) is 0.261. The molecular formula is C23H24N2O3S2. The standard InChI is InChI=1S/C23H24N2O3S2/c1-15-12-17(3)22(13-16(15)2)30(27,28)24-19-9-8-18-6-4-10-25(20(18)14-19)23(26)21-7-5-11-29-21/h5,7-9,11-14,24H,4,6,10H2,1-3H3. The van der Waals surface area contributed by atoms with Gasteiger partial charge in [-0.15, -0.1) is 11.3 Å². The molecule has 0 saturated heterocycles. The molecule has 2 heterocycles.